The Balaban J connectivity index is 1.74. The molecule has 0 aliphatic carbocycles. The number of para-hydroxylation sites is 2. The van der Waals surface area contributed by atoms with Crippen LogP contribution in [-0.4, -0.2) is 24.0 Å². The van der Waals surface area contributed by atoms with Crippen molar-refractivity contribution in [3.8, 4) is 0 Å². The number of aromatic nitrogens is 1. The van der Waals surface area contributed by atoms with Crippen molar-refractivity contribution in [3.63, 3.8) is 0 Å². The summed E-state index contributed by atoms with van der Waals surface area (Å²) in [7, 11) is 1.34. The highest BCUT2D eigenvalue weighted by Crippen LogP contribution is 2.25. The van der Waals surface area contributed by atoms with Gasteiger partial charge in [-0.3, -0.25) is 4.79 Å². The van der Waals surface area contributed by atoms with Crippen LogP contribution in [0.25, 0.3) is 0 Å². The standard InChI is InChI=1S/C23H23N3O3/c1-15(2)17-8-4-6-10-19(17)26-22(27)21-13-12-16(14-24-21)25-20-11-7-5-9-18(20)23(28)29-3/h4-15,25H,1-3H3,(H,26,27). The van der Waals surface area contributed by atoms with Crippen molar-refractivity contribution in [3.05, 3.63) is 83.7 Å². The summed E-state index contributed by atoms with van der Waals surface area (Å²) in [4.78, 5) is 28.7. The van der Waals surface area contributed by atoms with Crippen molar-refractivity contribution in [2.45, 2.75) is 19.8 Å². The predicted octanol–water partition coefficient (Wildman–Crippen LogP) is 4.99. The lowest BCUT2D eigenvalue weighted by Crippen LogP contribution is -2.15. The smallest absolute Gasteiger partial charge is 0.339 e. The second-order valence-electron chi connectivity index (χ2n) is 6.79. The number of hydrogen-bond donors (Lipinski definition) is 2. The summed E-state index contributed by atoms with van der Waals surface area (Å²) >= 11 is 0. The molecular formula is C23H23N3O3. The first-order valence-electron chi connectivity index (χ1n) is 9.30. The Labute approximate surface area is 169 Å². The van der Waals surface area contributed by atoms with E-state index in [4.69, 9.17) is 4.74 Å². The van der Waals surface area contributed by atoms with E-state index < -0.39 is 5.97 Å². The number of ether oxygens (including phenoxy) is 1. The average Bonchev–Trinajstić information content (AvgIpc) is 2.74. The van der Waals surface area contributed by atoms with Crippen molar-refractivity contribution in [2.24, 2.45) is 0 Å². The van der Waals surface area contributed by atoms with Crippen LogP contribution in [0, 0.1) is 0 Å². The fraction of sp³-hybridized carbons (Fsp3) is 0.174. The summed E-state index contributed by atoms with van der Waals surface area (Å²) in [5.41, 5.74) is 3.82. The van der Waals surface area contributed by atoms with E-state index in [1.54, 1.807) is 36.5 Å². The average molecular weight is 389 g/mol. The fourth-order valence-electron chi connectivity index (χ4n) is 2.94. The van der Waals surface area contributed by atoms with E-state index in [1.807, 2.05) is 30.3 Å². The van der Waals surface area contributed by atoms with Gasteiger partial charge in [-0.05, 0) is 41.8 Å². The van der Waals surface area contributed by atoms with Gasteiger partial charge in [-0.15, -0.1) is 0 Å². The monoisotopic (exact) mass is 389 g/mol. The van der Waals surface area contributed by atoms with Crippen molar-refractivity contribution in [1.82, 2.24) is 4.98 Å². The first-order chi connectivity index (χ1) is 14.0. The van der Waals surface area contributed by atoms with Gasteiger partial charge in [0.05, 0.1) is 30.2 Å². The summed E-state index contributed by atoms with van der Waals surface area (Å²) in [6.45, 7) is 4.16. The Morgan fingerprint density at radius 2 is 1.62 bits per heavy atom. The van der Waals surface area contributed by atoms with Gasteiger partial charge in [0.25, 0.3) is 5.91 Å². The number of hydrogen-bond acceptors (Lipinski definition) is 5. The minimum atomic E-state index is -0.430. The molecule has 3 rings (SSSR count). The third-order valence-corrected chi connectivity index (χ3v) is 4.44. The molecule has 0 saturated carbocycles. The molecule has 1 amide bonds. The molecule has 6 nitrogen and oxygen atoms in total. The molecule has 0 aliphatic rings. The number of carbonyl (C=O) groups excluding carboxylic acids is 2. The van der Waals surface area contributed by atoms with Crippen LogP contribution in [0.4, 0.5) is 17.1 Å². The Morgan fingerprint density at radius 1 is 0.931 bits per heavy atom. The third kappa shape index (κ3) is 4.79. The lowest BCUT2D eigenvalue weighted by Gasteiger charge is -2.14. The zero-order valence-corrected chi connectivity index (χ0v) is 16.6. The molecule has 0 atom stereocenters. The van der Waals surface area contributed by atoms with Crippen LogP contribution in [0.5, 0.6) is 0 Å². The van der Waals surface area contributed by atoms with Gasteiger partial charge < -0.3 is 15.4 Å². The van der Waals surface area contributed by atoms with E-state index in [2.05, 4.69) is 29.5 Å². The van der Waals surface area contributed by atoms with Crippen LogP contribution in [0.1, 0.15) is 46.2 Å². The zero-order chi connectivity index (χ0) is 20.8. The zero-order valence-electron chi connectivity index (χ0n) is 16.6. The summed E-state index contributed by atoms with van der Waals surface area (Å²) < 4.78 is 4.80. The van der Waals surface area contributed by atoms with Gasteiger partial charge in [0.1, 0.15) is 5.69 Å². The number of carbonyl (C=O) groups is 2. The van der Waals surface area contributed by atoms with Crippen LogP contribution in [0.2, 0.25) is 0 Å². The normalized spacial score (nSPS) is 10.5. The summed E-state index contributed by atoms with van der Waals surface area (Å²) in [6.07, 6.45) is 1.55. The quantitative estimate of drug-likeness (QED) is 0.581. The number of benzene rings is 2. The number of rotatable bonds is 6. The van der Waals surface area contributed by atoms with E-state index in [0.29, 0.717) is 28.6 Å². The Bertz CT molecular complexity index is 1010. The third-order valence-electron chi connectivity index (χ3n) is 4.44. The Kier molecular flexibility index (Phi) is 6.24. The van der Waals surface area contributed by atoms with E-state index in [0.717, 1.165) is 11.3 Å². The van der Waals surface area contributed by atoms with Gasteiger partial charge in [-0.25, -0.2) is 9.78 Å². The summed E-state index contributed by atoms with van der Waals surface area (Å²) in [5.74, 6) is -0.415. The molecule has 0 fully saturated rings. The lowest BCUT2D eigenvalue weighted by molar-refractivity contribution is 0.0601. The van der Waals surface area contributed by atoms with Gasteiger partial charge in [0.2, 0.25) is 0 Å². The van der Waals surface area contributed by atoms with E-state index in [9.17, 15) is 9.59 Å². The predicted molar refractivity (Wildman–Crippen MR) is 114 cm³/mol. The molecule has 3 aromatic rings. The molecule has 0 radical (unpaired) electrons. The second kappa shape index (κ2) is 9.01. The highest BCUT2D eigenvalue weighted by atomic mass is 16.5. The molecule has 0 bridgehead atoms. The molecule has 148 valence electrons. The number of nitrogens with one attached hydrogen (secondary N) is 2. The van der Waals surface area contributed by atoms with Gasteiger partial charge in [0.15, 0.2) is 0 Å². The topological polar surface area (TPSA) is 80.3 Å². The molecule has 0 aliphatic heterocycles. The van der Waals surface area contributed by atoms with Crippen LogP contribution in [0.15, 0.2) is 66.9 Å². The van der Waals surface area contributed by atoms with Gasteiger partial charge >= 0.3 is 5.97 Å². The molecule has 0 unspecified atom stereocenters. The number of methoxy groups -OCH3 is 1. The maximum absolute atomic E-state index is 12.6. The molecule has 0 spiro atoms. The lowest BCUT2D eigenvalue weighted by atomic mass is 10.0. The minimum absolute atomic E-state index is 0.278. The molecule has 29 heavy (non-hydrogen) atoms. The van der Waals surface area contributed by atoms with Crippen LogP contribution < -0.4 is 10.6 Å². The summed E-state index contributed by atoms with van der Waals surface area (Å²) in [6, 6.07) is 18.1. The molecule has 2 aromatic carbocycles. The molecule has 6 heteroatoms. The van der Waals surface area contributed by atoms with Crippen LogP contribution in [-0.2, 0) is 4.74 Å². The van der Waals surface area contributed by atoms with Crippen LogP contribution >= 0.6 is 0 Å². The van der Waals surface area contributed by atoms with Crippen molar-refractivity contribution in [1.29, 1.82) is 0 Å². The van der Waals surface area contributed by atoms with Gasteiger partial charge in [-0.1, -0.05) is 44.2 Å². The maximum Gasteiger partial charge on any atom is 0.339 e. The van der Waals surface area contributed by atoms with E-state index >= 15 is 0 Å². The molecular weight excluding hydrogens is 366 g/mol. The SMILES string of the molecule is COC(=O)c1ccccc1Nc1ccc(C(=O)Nc2ccccc2C(C)C)nc1. The largest absolute Gasteiger partial charge is 0.465 e. The number of pyridine rings is 1. The van der Waals surface area contributed by atoms with Gasteiger partial charge in [0, 0.05) is 5.69 Å². The molecule has 2 N–H and O–H groups in total. The highest BCUT2D eigenvalue weighted by molar-refractivity contribution is 6.03. The first-order valence-corrected chi connectivity index (χ1v) is 9.30. The first kappa shape index (κ1) is 20.1. The Morgan fingerprint density at radius 3 is 2.28 bits per heavy atom. The summed E-state index contributed by atoms with van der Waals surface area (Å²) in [5, 5.41) is 6.06. The van der Waals surface area contributed by atoms with Crippen molar-refractivity contribution in [2.75, 3.05) is 17.7 Å². The number of nitrogens with zero attached hydrogens (tertiary/aromatic N) is 1. The fourth-order valence-corrected chi connectivity index (χ4v) is 2.94. The molecule has 1 heterocycles. The number of amides is 1. The Hall–Kier alpha value is -3.67. The van der Waals surface area contributed by atoms with Crippen molar-refractivity contribution >= 4 is 28.9 Å². The molecule has 0 saturated heterocycles. The van der Waals surface area contributed by atoms with E-state index in [1.165, 1.54) is 7.11 Å². The van der Waals surface area contributed by atoms with Crippen LogP contribution in [0.3, 0.4) is 0 Å². The van der Waals surface area contributed by atoms with Gasteiger partial charge in [-0.2, -0.15) is 0 Å². The second-order valence-corrected chi connectivity index (χ2v) is 6.79. The number of esters is 1. The number of anilines is 3. The minimum Gasteiger partial charge on any atom is -0.465 e. The molecule has 1 aromatic heterocycles. The van der Waals surface area contributed by atoms with Crippen molar-refractivity contribution < 1.29 is 14.3 Å². The maximum atomic E-state index is 12.6. The van der Waals surface area contributed by atoms with E-state index in [-0.39, 0.29) is 5.91 Å². The highest BCUT2D eigenvalue weighted by Gasteiger charge is 2.13.